The van der Waals surface area contributed by atoms with E-state index in [1.165, 1.54) is 10.7 Å². The summed E-state index contributed by atoms with van der Waals surface area (Å²) >= 11 is 0. The Bertz CT molecular complexity index is 609. The maximum absolute atomic E-state index is 11.7. The van der Waals surface area contributed by atoms with Crippen molar-refractivity contribution in [3.63, 3.8) is 0 Å². The van der Waals surface area contributed by atoms with E-state index in [4.69, 9.17) is 11.0 Å². The Hall–Kier alpha value is -1.55. The van der Waals surface area contributed by atoms with Crippen molar-refractivity contribution in [2.75, 3.05) is 11.7 Å². The summed E-state index contributed by atoms with van der Waals surface area (Å²) in [5.41, 5.74) is 11.5. The summed E-state index contributed by atoms with van der Waals surface area (Å²) in [4.78, 5) is 0. The molecule has 0 fully saturated rings. The molecule has 0 atom stereocenters. The van der Waals surface area contributed by atoms with E-state index in [0.717, 1.165) is 5.39 Å². The van der Waals surface area contributed by atoms with Gasteiger partial charge in [0.15, 0.2) is 0 Å². The Morgan fingerprint density at radius 1 is 1.12 bits per heavy atom. The van der Waals surface area contributed by atoms with Gasteiger partial charge in [0.2, 0.25) is 0 Å². The van der Waals surface area contributed by atoms with Gasteiger partial charge in [0, 0.05) is 17.8 Å². The predicted octanol–water partition coefficient (Wildman–Crippen LogP) is 2.01. The molecule has 0 saturated carbocycles. The number of rotatable bonds is 2. The van der Waals surface area contributed by atoms with Gasteiger partial charge in [-0.15, -0.1) is 0 Å². The third-order valence-corrected chi connectivity index (χ3v) is 3.85. The highest BCUT2D eigenvalue weighted by Crippen LogP contribution is 2.41. The van der Waals surface area contributed by atoms with Crippen LogP contribution in [-0.4, -0.2) is 12.2 Å². The Labute approximate surface area is 99.2 Å². The molecule has 0 heterocycles. The zero-order valence-electron chi connectivity index (χ0n) is 9.37. The molecule has 5 N–H and O–H groups in total. The van der Waals surface area contributed by atoms with Crippen LogP contribution in [0.25, 0.3) is 10.8 Å². The lowest BCUT2D eigenvalue weighted by Gasteiger charge is -2.24. The first-order valence-electron chi connectivity index (χ1n) is 5.03. The zero-order chi connectivity index (χ0) is 12.6. The maximum atomic E-state index is 11.7. The van der Waals surface area contributed by atoms with Crippen molar-refractivity contribution in [1.82, 2.24) is 0 Å². The molecule has 0 aromatic heterocycles. The topological polar surface area (TPSA) is 92.6 Å². The summed E-state index contributed by atoms with van der Waals surface area (Å²) in [6.45, 7) is 0. The Morgan fingerprint density at radius 3 is 2.29 bits per heavy atom. The lowest BCUT2D eigenvalue weighted by Crippen LogP contribution is -2.24. The van der Waals surface area contributed by atoms with E-state index >= 15 is 0 Å². The Balaban J connectivity index is 2.72. The van der Waals surface area contributed by atoms with Crippen LogP contribution in [0.15, 0.2) is 36.4 Å². The summed E-state index contributed by atoms with van der Waals surface area (Å²) in [7, 11) is -1.78. The monoisotopic (exact) mass is 251 g/mol. The van der Waals surface area contributed by atoms with Crippen LogP contribution in [0.4, 0.5) is 5.69 Å². The fourth-order valence-corrected chi connectivity index (χ4v) is 2.23. The van der Waals surface area contributed by atoms with Gasteiger partial charge in [-0.3, -0.25) is 15.6 Å². The molecular weight excluding hydrogens is 237 g/mol. The number of anilines is 1. The van der Waals surface area contributed by atoms with Crippen LogP contribution in [0, 0.1) is 0 Å². The molecule has 0 saturated heterocycles. The Morgan fingerprint density at radius 2 is 1.71 bits per heavy atom. The van der Waals surface area contributed by atoms with Gasteiger partial charge < -0.3 is 9.78 Å². The number of phenolic OH excluding ortho intramolecular Hbond substituents is 1. The van der Waals surface area contributed by atoms with Crippen LogP contribution in [0.3, 0.4) is 0 Å². The highest BCUT2D eigenvalue weighted by molar-refractivity contribution is 7.60. The molecule has 5 nitrogen and oxygen atoms in total. The van der Waals surface area contributed by atoms with E-state index in [0.29, 0.717) is 11.1 Å². The van der Waals surface area contributed by atoms with Crippen molar-refractivity contribution < 1.29 is 9.67 Å². The van der Waals surface area contributed by atoms with E-state index in [9.17, 15) is 9.67 Å². The molecule has 2 aromatic rings. The molecule has 0 aliphatic rings. The maximum Gasteiger partial charge on any atom is 0.300 e. The predicted molar refractivity (Wildman–Crippen MR) is 70.0 cm³/mol. The zero-order valence-corrected chi connectivity index (χ0v) is 10.3. The van der Waals surface area contributed by atoms with Gasteiger partial charge in [-0.25, -0.2) is 0 Å². The number of aromatic hydroxyl groups is 1. The van der Waals surface area contributed by atoms with Crippen LogP contribution in [-0.2, 0) is 4.57 Å². The molecule has 2 aromatic carbocycles. The largest absolute Gasteiger partial charge is 0.507 e. The van der Waals surface area contributed by atoms with Crippen LogP contribution < -0.4 is 15.7 Å². The smallest absolute Gasteiger partial charge is 0.300 e. The summed E-state index contributed by atoms with van der Waals surface area (Å²) in [6, 6.07) is 10.4. The van der Waals surface area contributed by atoms with Crippen LogP contribution in [0.5, 0.6) is 5.75 Å². The van der Waals surface area contributed by atoms with Crippen molar-refractivity contribution in [2.24, 2.45) is 11.0 Å². The molecule has 0 amide bonds. The van der Waals surface area contributed by atoms with E-state index < -0.39 is 7.59 Å². The normalized spacial score (nSPS) is 11.7. The summed E-state index contributed by atoms with van der Waals surface area (Å²) in [5.74, 6) is 0.168. The summed E-state index contributed by atoms with van der Waals surface area (Å²) in [6.07, 6.45) is 0. The van der Waals surface area contributed by atoms with Crippen molar-refractivity contribution >= 4 is 24.1 Å². The minimum atomic E-state index is -3.35. The summed E-state index contributed by atoms with van der Waals surface area (Å²) < 4.78 is 13.0. The lowest BCUT2D eigenvalue weighted by atomic mass is 10.1. The van der Waals surface area contributed by atoms with Crippen molar-refractivity contribution in [3.05, 3.63) is 36.4 Å². The second kappa shape index (κ2) is 4.04. The second-order valence-corrected chi connectivity index (χ2v) is 5.79. The van der Waals surface area contributed by atoms with Crippen LogP contribution >= 0.6 is 7.59 Å². The number of nitrogens with two attached hydrogens (primary N) is 2. The highest BCUT2D eigenvalue weighted by Gasteiger charge is 2.19. The van der Waals surface area contributed by atoms with Gasteiger partial charge in [-0.1, -0.05) is 24.3 Å². The molecule has 17 heavy (non-hydrogen) atoms. The van der Waals surface area contributed by atoms with Gasteiger partial charge in [0.05, 0.1) is 5.69 Å². The average Bonchev–Trinajstić information content (AvgIpc) is 2.28. The van der Waals surface area contributed by atoms with E-state index in [-0.39, 0.29) is 5.75 Å². The van der Waals surface area contributed by atoms with E-state index in [1.54, 1.807) is 19.2 Å². The van der Waals surface area contributed by atoms with Gasteiger partial charge in [0.25, 0.3) is 7.59 Å². The standard InChI is InChI=1S/C11H14N3O2P/c1-14(17(12,13)16)10-6-7-11(15)9-5-3-2-4-8(9)10/h2-7,15H,1H3,(H4,12,13,16). The summed E-state index contributed by atoms with van der Waals surface area (Å²) in [5, 5.41) is 11.2. The molecule has 6 heteroatoms. The molecule has 0 aliphatic carbocycles. The minimum Gasteiger partial charge on any atom is -0.507 e. The number of benzene rings is 2. The Kier molecular flexibility index (Phi) is 2.83. The molecule has 0 spiro atoms. The van der Waals surface area contributed by atoms with Crippen molar-refractivity contribution in [2.45, 2.75) is 0 Å². The number of hydrogen-bond donors (Lipinski definition) is 3. The molecule has 2 rings (SSSR count). The lowest BCUT2D eigenvalue weighted by molar-refractivity contribution is 0.481. The van der Waals surface area contributed by atoms with Crippen LogP contribution in [0.1, 0.15) is 0 Å². The third-order valence-electron chi connectivity index (χ3n) is 2.70. The molecular formula is C11H14N3O2P. The van der Waals surface area contributed by atoms with Gasteiger partial charge >= 0.3 is 0 Å². The fourth-order valence-electron chi connectivity index (χ4n) is 1.72. The first kappa shape index (κ1) is 11.9. The molecule has 0 bridgehead atoms. The second-order valence-electron chi connectivity index (χ2n) is 3.85. The number of fused-ring (bicyclic) bond motifs is 1. The van der Waals surface area contributed by atoms with Crippen molar-refractivity contribution in [3.8, 4) is 5.75 Å². The SMILES string of the molecule is CN(c1ccc(O)c2ccccc12)P(N)(N)=O. The molecule has 0 radical (unpaired) electrons. The fraction of sp³-hybridized carbons (Fsp3) is 0.0909. The quantitative estimate of drug-likeness (QED) is 0.710. The number of hydrogen-bond acceptors (Lipinski definition) is 2. The van der Waals surface area contributed by atoms with Gasteiger partial charge in [-0.05, 0) is 12.1 Å². The minimum absolute atomic E-state index is 0.168. The molecule has 0 aliphatic heterocycles. The van der Waals surface area contributed by atoms with Crippen LogP contribution in [0.2, 0.25) is 0 Å². The first-order valence-corrected chi connectivity index (χ1v) is 6.83. The molecule has 90 valence electrons. The van der Waals surface area contributed by atoms with E-state index in [1.807, 2.05) is 18.2 Å². The van der Waals surface area contributed by atoms with Gasteiger partial charge in [0.1, 0.15) is 5.75 Å². The highest BCUT2D eigenvalue weighted by atomic mass is 31.2. The average molecular weight is 251 g/mol. The number of nitrogens with zero attached hydrogens (tertiary/aromatic N) is 1. The number of phenols is 1. The van der Waals surface area contributed by atoms with Crippen molar-refractivity contribution in [1.29, 1.82) is 0 Å². The first-order chi connectivity index (χ1) is 7.91. The van der Waals surface area contributed by atoms with E-state index in [2.05, 4.69) is 0 Å². The third kappa shape index (κ3) is 2.13. The molecule has 0 unspecified atom stereocenters. The van der Waals surface area contributed by atoms with Gasteiger partial charge in [-0.2, -0.15) is 0 Å².